The van der Waals surface area contributed by atoms with Gasteiger partial charge < -0.3 is 25.2 Å². The number of aromatic nitrogens is 2. The van der Waals surface area contributed by atoms with Crippen LogP contribution in [0.1, 0.15) is 12.0 Å². The number of methoxy groups -OCH3 is 1. The molecule has 4 rings (SSSR count). The van der Waals surface area contributed by atoms with Crippen molar-refractivity contribution in [2.45, 2.75) is 12.8 Å². The predicted octanol–water partition coefficient (Wildman–Crippen LogP) is 4.34. The second kappa shape index (κ2) is 11.6. The number of ether oxygens (including phenoxy) is 1. The molecule has 38 heavy (non-hydrogen) atoms. The Morgan fingerprint density at radius 2 is 1.89 bits per heavy atom. The first kappa shape index (κ1) is 27.7. The fourth-order valence-corrected chi connectivity index (χ4v) is 5.45. The van der Waals surface area contributed by atoms with Crippen molar-refractivity contribution in [2.75, 3.05) is 74.0 Å². The summed E-state index contributed by atoms with van der Waals surface area (Å²) in [6.07, 6.45) is 4.27. The summed E-state index contributed by atoms with van der Waals surface area (Å²) >= 11 is 6.44. The lowest BCUT2D eigenvalue weighted by molar-refractivity contribution is 0.413. The molecule has 0 atom stereocenters. The number of hydrogen-bond acceptors (Lipinski definition) is 9. The minimum Gasteiger partial charge on any atom is -0.494 e. The molecule has 0 unspecified atom stereocenters. The molecule has 0 bridgehead atoms. The number of nitrogens with one attached hydrogen (secondary N) is 2. The SMILES string of the molecule is COc1cc(N(C)CCN(C)C)ccc1Nc1ncc(Cl)c(Nc2cccc3c2N(S(C)(=O)=O)CCC3)n1. The van der Waals surface area contributed by atoms with Crippen LogP contribution in [-0.4, -0.2) is 77.4 Å². The Balaban J connectivity index is 1.59. The zero-order chi connectivity index (χ0) is 27.4. The first-order chi connectivity index (χ1) is 18.1. The number of aryl methyl sites for hydroxylation is 1. The van der Waals surface area contributed by atoms with Crippen LogP contribution >= 0.6 is 11.6 Å². The van der Waals surface area contributed by atoms with Crippen molar-refractivity contribution in [2.24, 2.45) is 0 Å². The van der Waals surface area contributed by atoms with E-state index in [2.05, 4.69) is 30.4 Å². The number of benzene rings is 2. The Bertz CT molecular complexity index is 1400. The van der Waals surface area contributed by atoms with Gasteiger partial charge in [0.15, 0.2) is 5.82 Å². The lowest BCUT2D eigenvalue weighted by atomic mass is 10.0. The Morgan fingerprint density at radius 1 is 1.11 bits per heavy atom. The molecule has 0 spiro atoms. The van der Waals surface area contributed by atoms with Gasteiger partial charge in [0.1, 0.15) is 10.8 Å². The molecular weight excluding hydrogens is 526 g/mol. The van der Waals surface area contributed by atoms with Crippen molar-refractivity contribution in [3.05, 3.63) is 53.2 Å². The van der Waals surface area contributed by atoms with E-state index < -0.39 is 10.0 Å². The molecule has 204 valence electrons. The Morgan fingerprint density at radius 3 is 2.61 bits per heavy atom. The number of nitrogens with zero attached hydrogens (tertiary/aromatic N) is 5. The summed E-state index contributed by atoms with van der Waals surface area (Å²) in [4.78, 5) is 13.2. The molecule has 1 aliphatic heterocycles. The maximum Gasteiger partial charge on any atom is 0.232 e. The molecule has 0 saturated carbocycles. The van der Waals surface area contributed by atoms with Crippen molar-refractivity contribution in [3.8, 4) is 5.75 Å². The van der Waals surface area contributed by atoms with Crippen LogP contribution in [0.15, 0.2) is 42.6 Å². The van der Waals surface area contributed by atoms with Crippen molar-refractivity contribution < 1.29 is 13.2 Å². The van der Waals surface area contributed by atoms with Crippen LogP contribution in [0.3, 0.4) is 0 Å². The molecule has 1 aromatic heterocycles. The monoisotopic (exact) mass is 559 g/mol. The van der Waals surface area contributed by atoms with Gasteiger partial charge in [0.2, 0.25) is 16.0 Å². The first-order valence-electron chi connectivity index (χ1n) is 12.3. The van der Waals surface area contributed by atoms with E-state index in [1.54, 1.807) is 7.11 Å². The number of likely N-dealkylation sites (N-methyl/N-ethyl adjacent to an activating group) is 2. The number of sulfonamides is 1. The Hall–Kier alpha value is -3.28. The van der Waals surface area contributed by atoms with Gasteiger partial charge in [-0.05, 0) is 50.7 Å². The van der Waals surface area contributed by atoms with E-state index in [1.807, 2.05) is 57.5 Å². The molecule has 3 aromatic rings. The molecule has 0 amide bonds. The van der Waals surface area contributed by atoms with Crippen molar-refractivity contribution in [1.82, 2.24) is 14.9 Å². The highest BCUT2D eigenvalue weighted by Crippen LogP contribution is 2.39. The molecule has 0 aliphatic carbocycles. The zero-order valence-corrected chi connectivity index (χ0v) is 23.9. The topological polar surface area (TPSA) is 103 Å². The molecule has 2 aromatic carbocycles. The Labute approximate surface area is 229 Å². The highest BCUT2D eigenvalue weighted by atomic mass is 35.5. The highest BCUT2D eigenvalue weighted by Gasteiger charge is 2.27. The molecule has 2 heterocycles. The van der Waals surface area contributed by atoms with E-state index in [0.717, 1.165) is 37.2 Å². The van der Waals surface area contributed by atoms with E-state index in [1.165, 1.54) is 16.8 Å². The summed E-state index contributed by atoms with van der Waals surface area (Å²) in [5, 5.41) is 6.75. The predicted molar refractivity (Wildman–Crippen MR) is 155 cm³/mol. The molecule has 0 fully saturated rings. The van der Waals surface area contributed by atoms with Gasteiger partial charge in [-0.1, -0.05) is 23.7 Å². The van der Waals surface area contributed by atoms with Crippen LogP contribution < -0.4 is 24.6 Å². The number of anilines is 6. The van der Waals surface area contributed by atoms with E-state index in [4.69, 9.17) is 16.3 Å². The lowest BCUT2D eigenvalue weighted by Gasteiger charge is -2.31. The smallest absolute Gasteiger partial charge is 0.232 e. The van der Waals surface area contributed by atoms with Gasteiger partial charge in [-0.25, -0.2) is 13.4 Å². The summed E-state index contributed by atoms with van der Waals surface area (Å²) < 4.78 is 32.0. The van der Waals surface area contributed by atoms with Gasteiger partial charge in [-0.2, -0.15) is 4.98 Å². The Kier molecular flexibility index (Phi) is 8.49. The lowest BCUT2D eigenvalue weighted by Crippen LogP contribution is -2.35. The van der Waals surface area contributed by atoms with E-state index in [-0.39, 0.29) is 0 Å². The molecular formula is C26H34ClN7O3S. The summed E-state index contributed by atoms with van der Waals surface area (Å²) in [5.74, 6) is 1.32. The van der Waals surface area contributed by atoms with Gasteiger partial charge in [-0.3, -0.25) is 4.31 Å². The minimum atomic E-state index is -3.44. The second-order valence-corrected chi connectivity index (χ2v) is 11.8. The maximum atomic E-state index is 12.5. The maximum absolute atomic E-state index is 12.5. The molecule has 2 N–H and O–H groups in total. The average molecular weight is 560 g/mol. The largest absolute Gasteiger partial charge is 0.494 e. The van der Waals surface area contributed by atoms with Crippen LogP contribution in [0, 0.1) is 0 Å². The molecule has 10 nitrogen and oxygen atoms in total. The summed E-state index contributed by atoms with van der Waals surface area (Å²) in [5.41, 5.74) is 3.92. The number of fused-ring (bicyclic) bond motifs is 1. The van der Waals surface area contributed by atoms with Crippen molar-refractivity contribution >= 4 is 56.1 Å². The molecule has 0 radical (unpaired) electrons. The van der Waals surface area contributed by atoms with E-state index in [9.17, 15) is 8.42 Å². The normalized spacial score (nSPS) is 13.3. The summed E-state index contributed by atoms with van der Waals surface area (Å²) in [7, 11) is 4.31. The second-order valence-electron chi connectivity index (χ2n) is 9.50. The van der Waals surface area contributed by atoms with E-state index >= 15 is 0 Å². The number of hydrogen-bond donors (Lipinski definition) is 2. The molecule has 12 heteroatoms. The standard InChI is InChI=1S/C26H34ClN7O3S/c1-32(2)14-15-33(3)19-11-12-21(23(16-19)37-4)30-26-28-17-20(27)25(31-26)29-22-10-6-8-18-9-7-13-34(24(18)22)38(5,35)36/h6,8,10-12,16-17H,7,9,13-15H2,1-5H3,(H2,28,29,30,31). The molecule has 0 saturated heterocycles. The zero-order valence-electron chi connectivity index (χ0n) is 22.3. The van der Waals surface area contributed by atoms with Crippen molar-refractivity contribution in [1.29, 1.82) is 0 Å². The van der Waals surface area contributed by atoms with Crippen molar-refractivity contribution in [3.63, 3.8) is 0 Å². The third kappa shape index (κ3) is 6.40. The van der Waals surface area contributed by atoms with E-state index in [0.29, 0.717) is 46.1 Å². The van der Waals surface area contributed by atoms with Crippen LogP contribution in [0.25, 0.3) is 0 Å². The third-order valence-corrected chi connectivity index (χ3v) is 7.77. The third-order valence-electron chi connectivity index (χ3n) is 6.33. The number of para-hydroxylation sites is 1. The number of rotatable bonds is 10. The van der Waals surface area contributed by atoms with Gasteiger partial charge in [0.25, 0.3) is 0 Å². The summed E-state index contributed by atoms with van der Waals surface area (Å²) in [6.45, 7) is 2.23. The minimum absolute atomic E-state index is 0.305. The van der Waals surface area contributed by atoms with Crippen LogP contribution in [0.2, 0.25) is 5.02 Å². The first-order valence-corrected chi connectivity index (χ1v) is 14.5. The average Bonchev–Trinajstić information content (AvgIpc) is 2.88. The van der Waals surface area contributed by atoms with Gasteiger partial charge in [0.05, 0.1) is 36.6 Å². The van der Waals surface area contributed by atoms with Gasteiger partial charge in [0, 0.05) is 38.4 Å². The fraction of sp³-hybridized carbons (Fsp3) is 0.385. The number of halogens is 1. The summed E-state index contributed by atoms with van der Waals surface area (Å²) in [6, 6.07) is 11.5. The quantitative estimate of drug-likeness (QED) is 0.375. The van der Waals surface area contributed by atoms with Gasteiger partial charge in [-0.15, -0.1) is 0 Å². The highest BCUT2D eigenvalue weighted by molar-refractivity contribution is 7.92. The van der Waals surface area contributed by atoms with Crippen LogP contribution in [0.5, 0.6) is 5.75 Å². The molecule has 1 aliphatic rings. The van der Waals surface area contributed by atoms with Crippen LogP contribution in [0.4, 0.5) is 34.5 Å². The van der Waals surface area contributed by atoms with Gasteiger partial charge >= 0.3 is 0 Å². The van der Waals surface area contributed by atoms with Crippen LogP contribution in [-0.2, 0) is 16.4 Å². The fourth-order valence-electron chi connectivity index (χ4n) is 4.31.